The van der Waals surface area contributed by atoms with Crippen molar-refractivity contribution in [2.24, 2.45) is 5.92 Å². The quantitative estimate of drug-likeness (QED) is 0.703. The van der Waals surface area contributed by atoms with E-state index < -0.39 is 0 Å². The summed E-state index contributed by atoms with van der Waals surface area (Å²) in [7, 11) is 0. The molecule has 1 aromatic rings. The largest absolute Gasteiger partial charge is 0.356 e. The first kappa shape index (κ1) is 11.1. The first-order valence-corrected chi connectivity index (χ1v) is 5.74. The fraction of sp³-hybridized carbons (Fsp3) is 0.500. The molecule has 2 heterocycles. The molecule has 0 saturated carbocycles. The lowest BCUT2D eigenvalue weighted by Gasteiger charge is -2.25. The van der Waals surface area contributed by atoms with Crippen LogP contribution in [0.1, 0.15) is 12.1 Å². The first-order valence-electron chi connectivity index (χ1n) is 5.74. The van der Waals surface area contributed by atoms with Gasteiger partial charge in [-0.1, -0.05) is 6.07 Å². The zero-order valence-electron chi connectivity index (χ0n) is 9.28. The molecule has 4 heteroatoms. The number of hydrogen-bond donors (Lipinski definition) is 2. The Morgan fingerprint density at radius 1 is 1.50 bits per heavy atom. The molecule has 1 saturated heterocycles. The number of pyridine rings is 1. The highest BCUT2D eigenvalue weighted by atomic mass is 16.2. The Kier molecular flexibility index (Phi) is 3.88. The van der Waals surface area contributed by atoms with E-state index in [1.807, 2.05) is 18.2 Å². The van der Waals surface area contributed by atoms with E-state index in [4.69, 9.17) is 0 Å². The zero-order valence-corrected chi connectivity index (χ0v) is 9.28. The third-order valence-corrected chi connectivity index (χ3v) is 2.79. The number of aryl methyl sites for hydroxylation is 1. The lowest BCUT2D eigenvalue weighted by Crippen LogP contribution is -2.50. The van der Waals surface area contributed by atoms with Crippen LogP contribution in [-0.4, -0.2) is 30.5 Å². The molecule has 1 amide bonds. The molecule has 16 heavy (non-hydrogen) atoms. The maximum absolute atomic E-state index is 11.5. The van der Waals surface area contributed by atoms with Gasteiger partial charge in [-0.15, -0.1) is 0 Å². The summed E-state index contributed by atoms with van der Waals surface area (Å²) in [5.74, 6) is 0.370. The van der Waals surface area contributed by atoms with Crippen LogP contribution >= 0.6 is 0 Å². The van der Waals surface area contributed by atoms with Crippen LogP contribution < -0.4 is 10.6 Å². The van der Waals surface area contributed by atoms with Crippen LogP contribution in [0.25, 0.3) is 0 Å². The lowest BCUT2D eigenvalue weighted by atomic mass is 10.0. The smallest absolute Gasteiger partial charge is 0.225 e. The van der Waals surface area contributed by atoms with E-state index in [1.165, 1.54) is 0 Å². The summed E-state index contributed by atoms with van der Waals surface area (Å²) >= 11 is 0. The van der Waals surface area contributed by atoms with Crippen LogP contribution in [0.15, 0.2) is 24.4 Å². The van der Waals surface area contributed by atoms with E-state index in [9.17, 15) is 4.79 Å². The van der Waals surface area contributed by atoms with Gasteiger partial charge in [-0.25, -0.2) is 0 Å². The Bertz CT molecular complexity index is 335. The highest BCUT2D eigenvalue weighted by Crippen LogP contribution is 2.02. The minimum atomic E-state index is 0.180. The van der Waals surface area contributed by atoms with Crippen molar-refractivity contribution in [2.75, 3.05) is 19.6 Å². The molecule has 0 bridgehead atoms. The first-order chi connectivity index (χ1) is 7.86. The molecule has 4 nitrogen and oxygen atoms in total. The van der Waals surface area contributed by atoms with Crippen molar-refractivity contribution in [1.82, 2.24) is 15.6 Å². The van der Waals surface area contributed by atoms with Crippen molar-refractivity contribution in [1.29, 1.82) is 0 Å². The molecule has 1 aliphatic heterocycles. The van der Waals surface area contributed by atoms with E-state index in [-0.39, 0.29) is 11.8 Å². The Balaban J connectivity index is 1.60. The molecule has 1 aromatic heterocycles. The maximum atomic E-state index is 11.5. The van der Waals surface area contributed by atoms with Gasteiger partial charge >= 0.3 is 0 Å². The summed E-state index contributed by atoms with van der Waals surface area (Å²) in [5.41, 5.74) is 1.09. The molecule has 0 unspecified atom stereocenters. The minimum absolute atomic E-state index is 0.180. The summed E-state index contributed by atoms with van der Waals surface area (Å²) in [6, 6.07) is 5.91. The summed E-state index contributed by atoms with van der Waals surface area (Å²) in [5, 5.41) is 6.04. The van der Waals surface area contributed by atoms with Crippen molar-refractivity contribution >= 4 is 5.91 Å². The van der Waals surface area contributed by atoms with Crippen molar-refractivity contribution in [3.63, 3.8) is 0 Å². The monoisotopic (exact) mass is 219 g/mol. The van der Waals surface area contributed by atoms with Crippen LogP contribution in [0.2, 0.25) is 0 Å². The Morgan fingerprint density at radius 3 is 3.00 bits per heavy atom. The summed E-state index contributed by atoms with van der Waals surface area (Å²) in [6.07, 6.45) is 3.67. The van der Waals surface area contributed by atoms with E-state index >= 15 is 0 Å². The van der Waals surface area contributed by atoms with Gasteiger partial charge in [0.15, 0.2) is 0 Å². The van der Waals surface area contributed by atoms with Gasteiger partial charge in [0.05, 0.1) is 5.92 Å². The molecule has 1 fully saturated rings. The van der Waals surface area contributed by atoms with Gasteiger partial charge in [0.25, 0.3) is 0 Å². The minimum Gasteiger partial charge on any atom is -0.356 e. The van der Waals surface area contributed by atoms with Gasteiger partial charge in [-0.3, -0.25) is 9.78 Å². The Hall–Kier alpha value is -1.42. The average Bonchev–Trinajstić information content (AvgIpc) is 2.23. The van der Waals surface area contributed by atoms with Crippen molar-refractivity contribution in [3.8, 4) is 0 Å². The van der Waals surface area contributed by atoms with E-state index in [0.717, 1.165) is 38.2 Å². The molecule has 2 N–H and O–H groups in total. The van der Waals surface area contributed by atoms with Crippen LogP contribution in [0.3, 0.4) is 0 Å². The molecule has 86 valence electrons. The number of aromatic nitrogens is 1. The molecule has 1 aliphatic rings. The van der Waals surface area contributed by atoms with Crippen LogP contribution in [0, 0.1) is 5.92 Å². The second-order valence-electron chi connectivity index (χ2n) is 4.07. The normalized spacial score (nSPS) is 15.5. The molecular formula is C12H17N3O. The van der Waals surface area contributed by atoms with Gasteiger partial charge < -0.3 is 10.6 Å². The molecule has 0 aromatic carbocycles. The lowest BCUT2D eigenvalue weighted by molar-refractivity contribution is -0.126. The molecule has 0 spiro atoms. The van der Waals surface area contributed by atoms with Crippen LogP contribution in [0.4, 0.5) is 0 Å². The van der Waals surface area contributed by atoms with Crippen molar-refractivity contribution in [2.45, 2.75) is 12.8 Å². The van der Waals surface area contributed by atoms with Gasteiger partial charge in [0, 0.05) is 31.5 Å². The molecular weight excluding hydrogens is 202 g/mol. The molecule has 0 atom stereocenters. The highest BCUT2D eigenvalue weighted by Gasteiger charge is 2.23. The fourth-order valence-corrected chi connectivity index (χ4v) is 1.65. The van der Waals surface area contributed by atoms with Crippen LogP contribution in [0.5, 0.6) is 0 Å². The Labute approximate surface area is 95.5 Å². The average molecular weight is 219 g/mol. The predicted octanol–water partition coefficient (Wildman–Crippen LogP) is 0.350. The zero-order chi connectivity index (χ0) is 11.2. The van der Waals surface area contributed by atoms with Crippen molar-refractivity contribution in [3.05, 3.63) is 30.1 Å². The molecule has 0 aliphatic carbocycles. The molecule has 0 radical (unpaired) electrons. The fourth-order valence-electron chi connectivity index (χ4n) is 1.65. The number of rotatable bonds is 5. The topological polar surface area (TPSA) is 54.0 Å². The van der Waals surface area contributed by atoms with Gasteiger partial charge in [-0.2, -0.15) is 0 Å². The van der Waals surface area contributed by atoms with E-state index in [0.29, 0.717) is 0 Å². The maximum Gasteiger partial charge on any atom is 0.225 e. The number of carbonyl (C=O) groups is 1. The van der Waals surface area contributed by atoms with Crippen molar-refractivity contribution < 1.29 is 4.79 Å². The SMILES string of the molecule is O=C(NCCCc1ccccn1)C1CNC1. The third-order valence-electron chi connectivity index (χ3n) is 2.79. The number of nitrogens with zero attached hydrogens (tertiary/aromatic N) is 1. The van der Waals surface area contributed by atoms with Crippen LogP contribution in [-0.2, 0) is 11.2 Å². The third kappa shape index (κ3) is 3.03. The number of nitrogens with one attached hydrogen (secondary N) is 2. The predicted molar refractivity (Wildman–Crippen MR) is 61.9 cm³/mol. The molecule has 2 rings (SSSR count). The van der Waals surface area contributed by atoms with E-state index in [1.54, 1.807) is 6.20 Å². The number of hydrogen-bond acceptors (Lipinski definition) is 3. The summed E-state index contributed by atoms with van der Waals surface area (Å²) < 4.78 is 0. The number of amides is 1. The van der Waals surface area contributed by atoms with Gasteiger partial charge in [0.2, 0.25) is 5.91 Å². The van der Waals surface area contributed by atoms with E-state index in [2.05, 4.69) is 15.6 Å². The summed E-state index contributed by atoms with van der Waals surface area (Å²) in [6.45, 7) is 2.39. The Morgan fingerprint density at radius 2 is 2.38 bits per heavy atom. The standard InChI is InChI=1S/C12H17N3O/c16-12(10-8-13-9-10)15-7-3-5-11-4-1-2-6-14-11/h1-2,4,6,10,13H,3,5,7-9H2,(H,15,16). The van der Waals surface area contributed by atoms with Gasteiger partial charge in [-0.05, 0) is 25.0 Å². The highest BCUT2D eigenvalue weighted by molar-refractivity contribution is 5.79. The second-order valence-corrected chi connectivity index (χ2v) is 4.07. The number of carbonyl (C=O) groups excluding carboxylic acids is 1. The summed E-state index contributed by atoms with van der Waals surface area (Å²) in [4.78, 5) is 15.7. The van der Waals surface area contributed by atoms with Gasteiger partial charge in [0.1, 0.15) is 0 Å². The second kappa shape index (κ2) is 5.61.